The Kier molecular flexibility index (Phi) is 4.83. The van der Waals surface area contributed by atoms with Crippen LogP contribution in [0.2, 0.25) is 5.02 Å². The van der Waals surface area contributed by atoms with Crippen LogP contribution in [0.3, 0.4) is 0 Å². The third-order valence-corrected chi connectivity index (χ3v) is 4.74. The van der Waals surface area contributed by atoms with Crippen molar-refractivity contribution in [3.8, 4) is 11.3 Å². The Labute approximate surface area is 149 Å². The van der Waals surface area contributed by atoms with Crippen LogP contribution in [0, 0.1) is 13.8 Å². The molecule has 0 saturated carbocycles. The maximum Gasteiger partial charge on any atom is 0.325 e. The van der Waals surface area contributed by atoms with Gasteiger partial charge in [-0.2, -0.15) is 0 Å². The smallest absolute Gasteiger partial charge is 0.306 e. The second-order valence-electron chi connectivity index (χ2n) is 5.40. The van der Waals surface area contributed by atoms with Crippen molar-refractivity contribution in [2.24, 2.45) is 0 Å². The first-order valence-electron chi connectivity index (χ1n) is 7.38. The van der Waals surface area contributed by atoms with Gasteiger partial charge in [0.05, 0.1) is 16.4 Å². The van der Waals surface area contributed by atoms with Crippen molar-refractivity contribution in [1.82, 2.24) is 4.98 Å². The number of hydrogen-bond acceptors (Lipinski definition) is 3. The van der Waals surface area contributed by atoms with Crippen LogP contribution in [0.4, 0.5) is 15.6 Å². The van der Waals surface area contributed by atoms with Crippen molar-refractivity contribution >= 4 is 39.8 Å². The number of anilines is 2. The molecule has 0 radical (unpaired) electrons. The molecule has 0 fully saturated rings. The summed E-state index contributed by atoms with van der Waals surface area (Å²) in [6.07, 6.45) is 0. The first-order chi connectivity index (χ1) is 11.5. The van der Waals surface area contributed by atoms with Gasteiger partial charge in [-0.05, 0) is 43.2 Å². The van der Waals surface area contributed by atoms with Gasteiger partial charge < -0.3 is 5.32 Å². The van der Waals surface area contributed by atoms with Crippen molar-refractivity contribution in [2.45, 2.75) is 13.8 Å². The normalized spacial score (nSPS) is 10.5. The molecule has 0 aliphatic rings. The number of aryl methyl sites for hydroxylation is 2. The average Bonchev–Trinajstić information content (AvgIpc) is 3.00. The van der Waals surface area contributed by atoms with Crippen molar-refractivity contribution in [3.63, 3.8) is 0 Å². The number of carbonyl (C=O) groups excluding carboxylic acids is 1. The van der Waals surface area contributed by atoms with E-state index in [2.05, 4.69) is 41.6 Å². The third-order valence-electron chi connectivity index (χ3n) is 3.65. The van der Waals surface area contributed by atoms with Gasteiger partial charge in [0.25, 0.3) is 0 Å². The zero-order valence-corrected chi connectivity index (χ0v) is 14.8. The monoisotopic (exact) mass is 357 g/mol. The summed E-state index contributed by atoms with van der Waals surface area (Å²) < 4.78 is 0. The number of thiazole rings is 1. The summed E-state index contributed by atoms with van der Waals surface area (Å²) in [6.45, 7) is 4.15. The van der Waals surface area contributed by atoms with Gasteiger partial charge in [0, 0.05) is 10.9 Å². The Morgan fingerprint density at radius 2 is 1.88 bits per heavy atom. The number of rotatable bonds is 3. The predicted molar refractivity (Wildman–Crippen MR) is 101 cm³/mol. The number of amides is 2. The van der Waals surface area contributed by atoms with Gasteiger partial charge in [-0.3, -0.25) is 5.32 Å². The van der Waals surface area contributed by atoms with Crippen LogP contribution in [-0.4, -0.2) is 11.0 Å². The van der Waals surface area contributed by atoms with E-state index in [4.69, 9.17) is 11.6 Å². The highest BCUT2D eigenvalue weighted by Gasteiger charge is 2.10. The molecule has 2 aromatic carbocycles. The molecule has 0 bridgehead atoms. The van der Waals surface area contributed by atoms with Crippen LogP contribution in [0.15, 0.2) is 47.8 Å². The van der Waals surface area contributed by atoms with Gasteiger partial charge in [-0.1, -0.05) is 35.9 Å². The zero-order valence-electron chi connectivity index (χ0n) is 13.3. The van der Waals surface area contributed by atoms with E-state index in [1.54, 1.807) is 12.1 Å². The fourth-order valence-electron chi connectivity index (χ4n) is 2.18. The summed E-state index contributed by atoms with van der Waals surface area (Å²) >= 11 is 7.41. The van der Waals surface area contributed by atoms with Gasteiger partial charge in [0.1, 0.15) is 0 Å². The highest BCUT2D eigenvalue weighted by Crippen LogP contribution is 2.27. The van der Waals surface area contributed by atoms with E-state index in [1.807, 2.05) is 23.6 Å². The van der Waals surface area contributed by atoms with Crippen LogP contribution < -0.4 is 10.6 Å². The fraction of sp³-hybridized carbons (Fsp3) is 0.111. The number of para-hydroxylation sites is 1. The molecule has 0 saturated heterocycles. The largest absolute Gasteiger partial charge is 0.325 e. The van der Waals surface area contributed by atoms with Crippen LogP contribution >= 0.6 is 22.9 Å². The molecule has 2 amide bonds. The lowest BCUT2D eigenvalue weighted by Crippen LogP contribution is -2.19. The van der Waals surface area contributed by atoms with Crippen LogP contribution in [-0.2, 0) is 0 Å². The quantitative estimate of drug-likeness (QED) is 0.629. The van der Waals surface area contributed by atoms with E-state index in [0.29, 0.717) is 15.8 Å². The first-order valence-corrected chi connectivity index (χ1v) is 8.64. The summed E-state index contributed by atoms with van der Waals surface area (Å²) in [7, 11) is 0. The molecule has 122 valence electrons. The van der Waals surface area contributed by atoms with Crippen molar-refractivity contribution < 1.29 is 4.79 Å². The zero-order chi connectivity index (χ0) is 17.1. The number of hydrogen-bond donors (Lipinski definition) is 2. The number of nitrogens with one attached hydrogen (secondary N) is 2. The highest BCUT2D eigenvalue weighted by molar-refractivity contribution is 7.14. The fourth-order valence-corrected chi connectivity index (χ4v) is 3.08. The maximum absolute atomic E-state index is 12.1. The van der Waals surface area contributed by atoms with E-state index in [-0.39, 0.29) is 6.03 Å². The van der Waals surface area contributed by atoms with Crippen molar-refractivity contribution in [2.75, 3.05) is 10.6 Å². The van der Waals surface area contributed by atoms with Gasteiger partial charge >= 0.3 is 6.03 Å². The molecule has 24 heavy (non-hydrogen) atoms. The van der Waals surface area contributed by atoms with E-state index >= 15 is 0 Å². The summed E-state index contributed by atoms with van der Waals surface area (Å²) in [5.41, 5.74) is 4.89. The molecule has 0 atom stereocenters. The number of urea groups is 1. The van der Waals surface area contributed by atoms with Crippen molar-refractivity contribution in [1.29, 1.82) is 0 Å². The minimum absolute atomic E-state index is 0.371. The molecular formula is C18H16ClN3OS. The molecule has 6 heteroatoms. The van der Waals surface area contributed by atoms with Gasteiger partial charge in [0.2, 0.25) is 0 Å². The number of halogens is 1. The lowest BCUT2D eigenvalue weighted by molar-refractivity contribution is 0.262. The molecule has 0 aliphatic heterocycles. The summed E-state index contributed by atoms with van der Waals surface area (Å²) in [5.74, 6) is 0. The number of carbonyl (C=O) groups is 1. The van der Waals surface area contributed by atoms with Gasteiger partial charge in [-0.25, -0.2) is 9.78 Å². The molecule has 0 spiro atoms. The third kappa shape index (κ3) is 3.75. The molecule has 4 nitrogen and oxygen atoms in total. The van der Waals surface area contributed by atoms with Crippen LogP contribution in [0.1, 0.15) is 11.1 Å². The Morgan fingerprint density at radius 3 is 2.62 bits per heavy atom. The maximum atomic E-state index is 12.1. The molecule has 2 N–H and O–H groups in total. The Bertz CT molecular complexity index is 891. The summed E-state index contributed by atoms with van der Waals surface area (Å²) in [5, 5.41) is 8.39. The Balaban J connectivity index is 1.70. The number of nitrogens with zero attached hydrogens (tertiary/aromatic N) is 1. The average molecular weight is 358 g/mol. The van der Waals surface area contributed by atoms with E-state index < -0.39 is 0 Å². The van der Waals surface area contributed by atoms with Crippen molar-refractivity contribution in [3.05, 3.63) is 64.0 Å². The Hall–Kier alpha value is -2.37. The molecule has 3 aromatic rings. The molecule has 1 heterocycles. The van der Waals surface area contributed by atoms with E-state index in [0.717, 1.165) is 11.3 Å². The van der Waals surface area contributed by atoms with E-state index in [9.17, 15) is 4.79 Å². The lowest BCUT2D eigenvalue weighted by atomic mass is 10.1. The molecule has 1 aromatic heterocycles. The standard InChI is InChI=1S/C18H16ClN3OS/c1-11-7-8-13(9-12(11)2)16-10-24-18(21-16)22-17(23)20-15-6-4-3-5-14(15)19/h3-10H,1-2H3,(H2,20,21,22,23). The van der Waals surface area contributed by atoms with Crippen LogP contribution in [0.25, 0.3) is 11.3 Å². The Morgan fingerprint density at radius 1 is 1.08 bits per heavy atom. The SMILES string of the molecule is Cc1ccc(-c2csc(NC(=O)Nc3ccccc3Cl)n2)cc1C. The second kappa shape index (κ2) is 7.03. The van der Waals surface area contributed by atoms with E-state index in [1.165, 1.54) is 22.5 Å². The molecule has 0 aliphatic carbocycles. The van der Waals surface area contributed by atoms with Crippen LogP contribution in [0.5, 0.6) is 0 Å². The highest BCUT2D eigenvalue weighted by atomic mass is 35.5. The second-order valence-corrected chi connectivity index (χ2v) is 6.66. The van der Waals surface area contributed by atoms with Gasteiger partial charge in [0.15, 0.2) is 5.13 Å². The molecular weight excluding hydrogens is 342 g/mol. The molecule has 3 rings (SSSR count). The minimum Gasteiger partial charge on any atom is -0.306 e. The number of benzene rings is 2. The van der Waals surface area contributed by atoms with Gasteiger partial charge in [-0.15, -0.1) is 11.3 Å². The summed E-state index contributed by atoms with van der Waals surface area (Å²) in [4.78, 5) is 16.5. The molecule has 0 unspecified atom stereocenters. The minimum atomic E-state index is -0.371. The lowest BCUT2D eigenvalue weighted by Gasteiger charge is -2.06. The number of aromatic nitrogens is 1. The first kappa shape index (κ1) is 16.5. The topological polar surface area (TPSA) is 54.0 Å². The predicted octanol–water partition coefficient (Wildman–Crippen LogP) is 5.72. The summed E-state index contributed by atoms with van der Waals surface area (Å²) in [6, 6.07) is 12.9.